The normalized spacial score (nSPS) is 27.6. The van der Waals surface area contributed by atoms with Crippen LogP contribution in [0.4, 0.5) is 5.13 Å². The molecule has 2 atom stereocenters. The summed E-state index contributed by atoms with van der Waals surface area (Å²) in [6.07, 6.45) is 7.64. The first-order valence-corrected chi connectivity index (χ1v) is 8.08. The maximum Gasteiger partial charge on any atom is 0.186 e. The molecule has 1 N–H and O–H groups in total. The van der Waals surface area contributed by atoms with Gasteiger partial charge in [-0.3, -0.25) is 0 Å². The second-order valence-electron chi connectivity index (χ2n) is 5.44. The highest BCUT2D eigenvalue weighted by Crippen LogP contribution is 2.39. The van der Waals surface area contributed by atoms with Crippen LogP contribution in [0.3, 0.4) is 0 Å². The Hall–Kier alpha value is -0.610. The Labute approximate surface area is 114 Å². The van der Waals surface area contributed by atoms with Crippen molar-refractivity contribution in [3.8, 4) is 0 Å². The molecular weight excluding hydrogens is 242 g/mol. The maximum atomic E-state index is 4.93. The van der Waals surface area contributed by atoms with Crippen molar-refractivity contribution in [1.82, 2.24) is 10.3 Å². The number of hydrogen-bond acceptors (Lipinski definition) is 4. The number of thiazole rings is 1. The Bertz CT molecular complexity index is 415. The lowest BCUT2D eigenvalue weighted by Crippen LogP contribution is -2.28. The van der Waals surface area contributed by atoms with Gasteiger partial charge in [-0.2, -0.15) is 0 Å². The standard InChI is InChI=1S/C14H23N3S/c1-3-10-6-5-9-17(10)14-16-12-8-4-7-11(15-2)13(12)18-14/h10-11,15H,3-9H2,1-2H3. The van der Waals surface area contributed by atoms with E-state index in [0.717, 1.165) is 6.04 Å². The van der Waals surface area contributed by atoms with Crippen LogP contribution in [0.2, 0.25) is 0 Å². The highest BCUT2D eigenvalue weighted by molar-refractivity contribution is 7.15. The van der Waals surface area contributed by atoms with E-state index in [1.165, 1.54) is 60.8 Å². The summed E-state index contributed by atoms with van der Waals surface area (Å²) in [5.41, 5.74) is 1.36. The topological polar surface area (TPSA) is 28.2 Å². The summed E-state index contributed by atoms with van der Waals surface area (Å²) >= 11 is 1.94. The Morgan fingerprint density at radius 3 is 3.06 bits per heavy atom. The quantitative estimate of drug-likeness (QED) is 0.910. The van der Waals surface area contributed by atoms with Gasteiger partial charge in [-0.1, -0.05) is 18.3 Å². The van der Waals surface area contributed by atoms with E-state index in [1.54, 1.807) is 0 Å². The molecule has 3 nitrogen and oxygen atoms in total. The summed E-state index contributed by atoms with van der Waals surface area (Å²) < 4.78 is 0. The predicted molar refractivity (Wildman–Crippen MR) is 77.5 cm³/mol. The van der Waals surface area contributed by atoms with Crippen LogP contribution < -0.4 is 10.2 Å². The number of rotatable bonds is 3. The number of aryl methyl sites for hydroxylation is 1. The maximum absolute atomic E-state index is 4.93. The minimum Gasteiger partial charge on any atom is -0.345 e. The molecule has 1 aliphatic heterocycles. The second kappa shape index (κ2) is 5.17. The van der Waals surface area contributed by atoms with Crippen molar-refractivity contribution in [2.24, 2.45) is 0 Å². The van der Waals surface area contributed by atoms with E-state index in [2.05, 4.69) is 24.2 Å². The number of fused-ring (bicyclic) bond motifs is 1. The lowest BCUT2D eigenvalue weighted by atomic mass is 9.98. The third-order valence-corrected chi connectivity index (χ3v) is 5.63. The molecule has 100 valence electrons. The van der Waals surface area contributed by atoms with Gasteiger partial charge in [0, 0.05) is 23.5 Å². The van der Waals surface area contributed by atoms with E-state index in [4.69, 9.17) is 4.98 Å². The SMILES string of the molecule is CCC1CCCN1c1nc2c(s1)C(NC)CCC2. The Kier molecular flexibility index (Phi) is 3.57. The van der Waals surface area contributed by atoms with E-state index in [0.29, 0.717) is 6.04 Å². The zero-order chi connectivity index (χ0) is 12.5. The Morgan fingerprint density at radius 2 is 2.28 bits per heavy atom. The van der Waals surface area contributed by atoms with E-state index >= 15 is 0 Å². The van der Waals surface area contributed by atoms with Gasteiger partial charge in [0.1, 0.15) is 0 Å². The van der Waals surface area contributed by atoms with E-state index in [1.807, 2.05) is 11.3 Å². The van der Waals surface area contributed by atoms with Crippen LogP contribution in [0, 0.1) is 0 Å². The van der Waals surface area contributed by atoms with E-state index < -0.39 is 0 Å². The molecule has 2 heterocycles. The second-order valence-corrected chi connectivity index (χ2v) is 6.45. The average Bonchev–Trinajstić information content (AvgIpc) is 3.03. The van der Waals surface area contributed by atoms with Gasteiger partial charge < -0.3 is 10.2 Å². The summed E-state index contributed by atoms with van der Waals surface area (Å²) in [4.78, 5) is 8.99. The fourth-order valence-corrected chi connectivity index (χ4v) is 4.67. The molecule has 1 fully saturated rings. The predicted octanol–water partition coefficient (Wildman–Crippen LogP) is 3.12. The van der Waals surface area contributed by atoms with E-state index in [9.17, 15) is 0 Å². The first kappa shape index (κ1) is 12.4. The van der Waals surface area contributed by atoms with Gasteiger partial charge in [0.15, 0.2) is 5.13 Å². The first-order valence-electron chi connectivity index (χ1n) is 7.27. The molecule has 0 radical (unpaired) electrons. The molecule has 2 unspecified atom stereocenters. The molecule has 3 rings (SSSR count). The van der Waals surface area contributed by atoms with Crippen molar-refractivity contribution in [3.05, 3.63) is 10.6 Å². The molecule has 0 aromatic carbocycles. The number of nitrogens with zero attached hydrogens (tertiary/aromatic N) is 2. The van der Waals surface area contributed by atoms with Crippen LogP contribution in [0.15, 0.2) is 0 Å². The molecule has 18 heavy (non-hydrogen) atoms. The van der Waals surface area contributed by atoms with Crippen molar-refractivity contribution in [3.63, 3.8) is 0 Å². The van der Waals surface area contributed by atoms with Crippen molar-refractivity contribution in [2.75, 3.05) is 18.5 Å². The largest absolute Gasteiger partial charge is 0.345 e. The van der Waals surface area contributed by atoms with Crippen LogP contribution in [0.5, 0.6) is 0 Å². The average molecular weight is 265 g/mol. The van der Waals surface area contributed by atoms with Crippen LogP contribution in [-0.4, -0.2) is 24.6 Å². The molecule has 0 bridgehead atoms. The van der Waals surface area contributed by atoms with Crippen molar-refractivity contribution in [2.45, 2.75) is 57.5 Å². The van der Waals surface area contributed by atoms with Gasteiger partial charge in [0.05, 0.1) is 5.69 Å². The number of nitrogens with one attached hydrogen (secondary N) is 1. The molecule has 1 aromatic rings. The van der Waals surface area contributed by atoms with Crippen LogP contribution in [-0.2, 0) is 6.42 Å². The molecule has 1 aromatic heterocycles. The smallest absolute Gasteiger partial charge is 0.186 e. The third-order valence-electron chi connectivity index (χ3n) is 4.38. The molecular formula is C14H23N3S. The third kappa shape index (κ3) is 2.05. The van der Waals surface area contributed by atoms with E-state index in [-0.39, 0.29) is 0 Å². The molecule has 0 amide bonds. The lowest BCUT2D eigenvalue weighted by molar-refractivity contribution is 0.501. The zero-order valence-corrected chi connectivity index (χ0v) is 12.2. The van der Waals surface area contributed by atoms with Gasteiger partial charge in [-0.05, 0) is 45.6 Å². The lowest BCUT2D eigenvalue weighted by Gasteiger charge is -2.22. The number of aromatic nitrogens is 1. The number of hydrogen-bond donors (Lipinski definition) is 1. The van der Waals surface area contributed by atoms with Gasteiger partial charge in [-0.25, -0.2) is 4.98 Å². The summed E-state index contributed by atoms with van der Waals surface area (Å²) in [6.45, 7) is 3.50. The monoisotopic (exact) mass is 265 g/mol. The fourth-order valence-electron chi connectivity index (χ4n) is 3.32. The molecule has 1 saturated heterocycles. The van der Waals surface area contributed by atoms with Crippen LogP contribution in [0.1, 0.15) is 55.6 Å². The molecule has 0 saturated carbocycles. The van der Waals surface area contributed by atoms with Gasteiger partial charge in [-0.15, -0.1) is 0 Å². The Balaban J connectivity index is 1.88. The highest BCUT2D eigenvalue weighted by atomic mass is 32.1. The molecule has 4 heteroatoms. The van der Waals surface area contributed by atoms with Gasteiger partial charge >= 0.3 is 0 Å². The summed E-state index contributed by atoms with van der Waals surface area (Å²) in [5, 5.41) is 4.72. The van der Waals surface area contributed by atoms with Crippen LogP contribution in [0.25, 0.3) is 0 Å². The zero-order valence-electron chi connectivity index (χ0n) is 11.4. The van der Waals surface area contributed by atoms with Crippen molar-refractivity contribution in [1.29, 1.82) is 0 Å². The minimum absolute atomic E-state index is 0.544. The minimum atomic E-state index is 0.544. The fraction of sp³-hybridized carbons (Fsp3) is 0.786. The van der Waals surface area contributed by atoms with Crippen LogP contribution >= 0.6 is 11.3 Å². The molecule has 2 aliphatic rings. The Morgan fingerprint density at radius 1 is 1.39 bits per heavy atom. The molecule has 0 spiro atoms. The first-order chi connectivity index (χ1) is 8.83. The van der Waals surface area contributed by atoms with Gasteiger partial charge in [0.2, 0.25) is 0 Å². The highest BCUT2D eigenvalue weighted by Gasteiger charge is 2.29. The molecule has 1 aliphatic carbocycles. The number of anilines is 1. The van der Waals surface area contributed by atoms with Crippen molar-refractivity contribution >= 4 is 16.5 Å². The summed E-state index contributed by atoms with van der Waals surface area (Å²) in [7, 11) is 2.07. The van der Waals surface area contributed by atoms with Gasteiger partial charge in [0.25, 0.3) is 0 Å². The summed E-state index contributed by atoms with van der Waals surface area (Å²) in [6, 6.07) is 1.27. The van der Waals surface area contributed by atoms with Crippen molar-refractivity contribution < 1.29 is 0 Å². The summed E-state index contributed by atoms with van der Waals surface area (Å²) in [5.74, 6) is 0.